The monoisotopic (exact) mass is 538 g/mol. The Morgan fingerprint density at radius 3 is 2.24 bits per heavy atom. The van der Waals surface area contributed by atoms with Crippen molar-refractivity contribution in [2.24, 2.45) is 5.92 Å². The number of nitrogens with one attached hydrogen (secondary N) is 2. The molecule has 3 aliphatic rings. The lowest BCUT2D eigenvalue weighted by Gasteiger charge is -2.38. The summed E-state index contributed by atoms with van der Waals surface area (Å²) in [7, 11) is 0. The highest BCUT2D eigenvalue weighted by Crippen LogP contribution is 2.39. The van der Waals surface area contributed by atoms with Crippen LogP contribution in [0.5, 0.6) is 0 Å². The van der Waals surface area contributed by atoms with Crippen molar-refractivity contribution in [1.82, 2.24) is 15.3 Å². The van der Waals surface area contributed by atoms with Crippen molar-refractivity contribution in [3.8, 4) is 0 Å². The quantitative estimate of drug-likeness (QED) is 0.412. The van der Waals surface area contributed by atoms with E-state index in [2.05, 4.69) is 33.4 Å². The van der Waals surface area contributed by atoms with Gasteiger partial charge >= 0.3 is 0 Å². The number of benzene rings is 1. The smallest absolute Gasteiger partial charge is 0.232 e. The van der Waals surface area contributed by atoms with Gasteiger partial charge in [0.1, 0.15) is 17.5 Å². The number of halogens is 1. The van der Waals surface area contributed by atoms with E-state index >= 15 is 0 Å². The van der Waals surface area contributed by atoms with Gasteiger partial charge in [0.25, 0.3) is 0 Å². The molecule has 206 valence electrons. The summed E-state index contributed by atoms with van der Waals surface area (Å²) in [6.07, 6.45) is 13.2. The molecular formula is C30H43FN6S. The number of nitrogens with zero attached hydrogens (tertiary/aromatic N) is 4. The second-order valence-corrected chi connectivity index (χ2v) is 12.1. The number of aromatic nitrogens is 2. The molecule has 0 unspecified atom stereocenters. The lowest BCUT2D eigenvalue weighted by Crippen LogP contribution is -2.43. The first-order valence-electron chi connectivity index (χ1n) is 14.7. The second-order valence-electron chi connectivity index (χ2n) is 11.7. The molecule has 38 heavy (non-hydrogen) atoms. The van der Waals surface area contributed by atoms with E-state index < -0.39 is 0 Å². The molecule has 3 fully saturated rings. The highest BCUT2D eigenvalue weighted by Gasteiger charge is 2.34. The van der Waals surface area contributed by atoms with E-state index in [0.29, 0.717) is 23.5 Å². The molecule has 1 aliphatic carbocycles. The van der Waals surface area contributed by atoms with Crippen LogP contribution in [-0.4, -0.2) is 47.8 Å². The molecule has 0 bridgehead atoms. The van der Waals surface area contributed by atoms with E-state index in [-0.39, 0.29) is 11.2 Å². The average molecular weight is 539 g/mol. The standard InChI is InChI=1S/C30H43FN6S/c1-23-10-9-19-37(21-23)27-20-26(36-17-7-2-3-8-18-36)33-28(34-27)35-29(38)32-22-30(15-5-4-6-16-30)24-11-13-25(31)14-12-24/h11-14,20,23H,2-10,15-19,21-22H2,1H3,(H2,32,33,34,35,38)/t23-/m1/s1. The summed E-state index contributed by atoms with van der Waals surface area (Å²) in [5, 5.41) is 7.36. The van der Waals surface area contributed by atoms with Crippen molar-refractivity contribution in [3.63, 3.8) is 0 Å². The summed E-state index contributed by atoms with van der Waals surface area (Å²) in [6, 6.07) is 9.22. The number of thiocarbonyl (C=S) groups is 1. The molecule has 2 saturated heterocycles. The molecule has 5 rings (SSSR count). The molecule has 1 aromatic carbocycles. The van der Waals surface area contributed by atoms with Crippen molar-refractivity contribution < 1.29 is 4.39 Å². The summed E-state index contributed by atoms with van der Waals surface area (Å²) in [4.78, 5) is 14.7. The third-order valence-electron chi connectivity index (χ3n) is 8.69. The van der Waals surface area contributed by atoms with E-state index in [4.69, 9.17) is 22.2 Å². The van der Waals surface area contributed by atoms with Crippen LogP contribution in [0.3, 0.4) is 0 Å². The Hall–Kier alpha value is -2.48. The molecule has 8 heteroatoms. The number of hydrogen-bond acceptors (Lipinski definition) is 5. The third-order valence-corrected chi connectivity index (χ3v) is 8.94. The second kappa shape index (κ2) is 12.6. The summed E-state index contributed by atoms with van der Waals surface area (Å²) >= 11 is 5.78. The minimum Gasteiger partial charge on any atom is -0.361 e. The first-order valence-corrected chi connectivity index (χ1v) is 15.1. The molecule has 2 aromatic rings. The van der Waals surface area contributed by atoms with E-state index in [1.807, 2.05) is 12.1 Å². The summed E-state index contributed by atoms with van der Waals surface area (Å²) < 4.78 is 13.6. The normalized spacial score (nSPS) is 22.0. The Labute approximate surface area is 232 Å². The SMILES string of the molecule is C[C@@H]1CCCN(c2cc(N3CCCCCC3)nc(NC(=S)NCC3(c4ccc(F)cc4)CCCCC3)n2)C1. The van der Waals surface area contributed by atoms with E-state index in [9.17, 15) is 4.39 Å². The van der Waals surface area contributed by atoms with Crippen LogP contribution in [0.4, 0.5) is 22.0 Å². The van der Waals surface area contributed by atoms with Gasteiger partial charge in [-0.2, -0.15) is 9.97 Å². The number of rotatable bonds is 6. The lowest BCUT2D eigenvalue weighted by molar-refractivity contribution is 0.292. The highest BCUT2D eigenvalue weighted by molar-refractivity contribution is 7.80. The van der Waals surface area contributed by atoms with Crippen LogP contribution in [-0.2, 0) is 5.41 Å². The van der Waals surface area contributed by atoms with Crippen LogP contribution in [0.25, 0.3) is 0 Å². The maximum absolute atomic E-state index is 13.6. The minimum atomic E-state index is -0.190. The number of hydrogen-bond donors (Lipinski definition) is 2. The first-order chi connectivity index (χ1) is 18.5. The number of piperidine rings is 1. The van der Waals surface area contributed by atoms with Gasteiger partial charge in [0.15, 0.2) is 5.11 Å². The fourth-order valence-corrected chi connectivity index (χ4v) is 6.66. The molecule has 2 N–H and O–H groups in total. The molecule has 2 aliphatic heterocycles. The average Bonchev–Trinajstić information content (AvgIpc) is 3.23. The van der Waals surface area contributed by atoms with Gasteiger partial charge in [0.2, 0.25) is 5.95 Å². The van der Waals surface area contributed by atoms with Gasteiger partial charge in [-0.15, -0.1) is 0 Å². The Morgan fingerprint density at radius 2 is 1.55 bits per heavy atom. The molecule has 1 aromatic heterocycles. The Balaban J connectivity index is 1.33. The van der Waals surface area contributed by atoms with Gasteiger partial charge in [-0.1, -0.05) is 51.2 Å². The van der Waals surface area contributed by atoms with Crippen molar-refractivity contribution in [3.05, 3.63) is 41.7 Å². The maximum Gasteiger partial charge on any atom is 0.232 e. The van der Waals surface area contributed by atoms with E-state index in [1.165, 1.54) is 63.4 Å². The molecule has 3 heterocycles. The summed E-state index contributed by atoms with van der Waals surface area (Å²) in [5.74, 6) is 3.03. The van der Waals surface area contributed by atoms with Gasteiger partial charge in [-0.25, -0.2) is 4.39 Å². The van der Waals surface area contributed by atoms with Crippen LogP contribution in [0.1, 0.15) is 83.1 Å². The largest absolute Gasteiger partial charge is 0.361 e. The van der Waals surface area contributed by atoms with Crippen molar-refractivity contribution in [1.29, 1.82) is 0 Å². The molecule has 0 radical (unpaired) electrons. The first kappa shape index (κ1) is 27.1. The zero-order valence-corrected chi connectivity index (χ0v) is 23.7. The molecular weight excluding hydrogens is 495 g/mol. The molecule has 1 saturated carbocycles. The van der Waals surface area contributed by atoms with E-state index in [1.54, 1.807) is 12.1 Å². The van der Waals surface area contributed by atoms with Crippen molar-refractivity contribution in [2.75, 3.05) is 47.8 Å². The van der Waals surface area contributed by atoms with Crippen molar-refractivity contribution in [2.45, 2.75) is 83.0 Å². The van der Waals surface area contributed by atoms with Crippen LogP contribution < -0.4 is 20.4 Å². The van der Waals surface area contributed by atoms with Crippen molar-refractivity contribution >= 4 is 34.9 Å². The maximum atomic E-state index is 13.6. The zero-order valence-electron chi connectivity index (χ0n) is 22.9. The fourth-order valence-electron chi connectivity index (χ4n) is 6.49. The predicted octanol–water partition coefficient (Wildman–Crippen LogP) is 6.42. The third kappa shape index (κ3) is 6.74. The van der Waals surface area contributed by atoms with Gasteiger partial charge in [0.05, 0.1) is 0 Å². The Morgan fingerprint density at radius 1 is 0.921 bits per heavy atom. The van der Waals surface area contributed by atoms with Crippen LogP contribution >= 0.6 is 12.2 Å². The highest BCUT2D eigenvalue weighted by atomic mass is 32.1. The van der Waals surface area contributed by atoms with Gasteiger partial charge in [-0.05, 0) is 74.4 Å². The van der Waals surface area contributed by atoms with Gasteiger partial charge in [-0.3, -0.25) is 0 Å². The lowest BCUT2D eigenvalue weighted by atomic mass is 9.69. The minimum absolute atomic E-state index is 0.0401. The van der Waals surface area contributed by atoms with Crippen LogP contribution in [0.2, 0.25) is 0 Å². The Bertz CT molecular complexity index is 1040. The molecule has 0 amide bonds. The predicted molar refractivity (Wildman–Crippen MR) is 159 cm³/mol. The fraction of sp³-hybridized carbons (Fsp3) is 0.633. The van der Waals surface area contributed by atoms with Gasteiger partial charge in [0, 0.05) is 44.2 Å². The topological polar surface area (TPSA) is 56.3 Å². The molecule has 1 atom stereocenters. The summed E-state index contributed by atoms with van der Waals surface area (Å²) in [6.45, 7) is 7.17. The summed E-state index contributed by atoms with van der Waals surface area (Å²) in [5.41, 5.74) is 1.15. The van der Waals surface area contributed by atoms with E-state index in [0.717, 1.165) is 50.7 Å². The molecule has 6 nitrogen and oxygen atoms in total. The number of anilines is 3. The van der Waals surface area contributed by atoms with Gasteiger partial charge < -0.3 is 20.4 Å². The zero-order chi connectivity index (χ0) is 26.4. The Kier molecular flexibility index (Phi) is 8.97. The van der Waals surface area contributed by atoms with Crippen LogP contribution in [0, 0.1) is 11.7 Å². The van der Waals surface area contributed by atoms with Crippen LogP contribution in [0.15, 0.2) is 30.3 Å². The molecule has 0 spiro atoms.